The monoisotopic (exact) mass is 250 g/mol. The van der Waals surface area contributed by atoms with Gasteiger partial charge in [-0.3, -0.25) is 4.79 Å². The van der Waals surface area contributed by atoms with Gasteiger partial charge in [0.1, 0.15) is 5.75 Å². The van der Waals surface area contributed by atoms with Crippen LogP contribution >= 0.6 is 0 Å². The summed E-state index contributed by atoms with van der Waals surface area (Å²) in [5.74, 6) is 0.742. The van der Waals surface area contributed by atoms with E-state index >= 15 is 0 Å². The summed E-state index contributed by atoms with van der Waals surface area (Å²) in [6, 6.07) is 15.2. The molecule has 0 radical (unpaired) electrons. The second-order valence-corrected chi connectivity index (χ2v) is 4.54. The number of fused-ring (bicyclic) bond motifs is 1. The number of carbonyl (C=O) groups is 1. The summed E-state index contributed by atoms with van der Waals surface area (Å²) in [7, 11) is 0. The molecule has 0 N–H and O–H groups in total. The van der Waals surface area contributed by atoms with Crippen molar-refractivity contribution in [1.29, 1.82) is 0 Å². The van der Waals surface area contributed by atoms with Crippen LogP contribution in [0.4, 0.5) is 0 Å². The molecule has 0 atom stereocenters. The van der Waals surface area contributed by atoms with Crippen LogP contribution in [0.3, 0.4) is 0 Å². The third kappa shape index (κ3) is 2.58. The van der Waals surface area contributed by atoms with Crippen molar-refractivity contribution in [3.63, 3.8) is 0 Å². The molecule has 0 amide bonds. The third-order valence-corrected chi connectivity index (χ3v) is 3.22. The Hall–Kier alpha value is -2.35. The van der Waals surface area contributed by atoms with Crippen LogP contribution in [0.15, 0.2) is 54.6 Å². The van der Waals surface area contributed by atoms with E-state index in [4.69, 9.17) is 4.74 Å². The van der Waals surface area contributed by atoms with Gasteiger partial charge in [-0.1, -0.05) is 48.6 Å². The second-order valence-electron chi connectivity index (χ2n) is 4.54. The van der Waals surface area contributed by atoms with Gasteiger partial charge >= 0.3 is 0 Å². The molecule has 94 valence electrons. The summed E-state index contributed by atoms with van der Waals surface area (Å²) in [6.07, 6.45) is 5.20. The van der Waals surface area contributed by atoms with E-state index in [0.717, 1.165) is 12.2 Å². The van der Waals surface area contributed by atoms with Crippen molar-refractivity contribution in [3.05, 3.63) is 71.3 Å². The van der Waals surface area contributed by atoms with E-state index in [-0.39, 0.29) is 12.4 Å². The highest BCUT2D eigenvalue weighted by molar-refractivity contribution is 5.97. The van der Waals surface area contributed by atoms with Crippen LogP contribution in [0, 0.1) is 0 Å². The molecular formula is C17H14O2. The van der Waals surface area contributed by atoms with Gasteiger partial charge in [0.2, 0.25) is 0 Å². The van der Waals surface area contributed by atoms with E-state index in [1.165, 1.54) is 11.1 Å². The SMILES string of the molecule is O=C(COc1ccc2c(c1)C=CC2)c1ccccc1. The van der Waals surface area contributed by atoms with Gasteiger partial charge in [0.25, 0.3) is 0 Å². The maximum Gasteiger partial charge on any atom is 0.200 e. The van der Waals surface area contributed by atoms with Crippen LogP contribution in [0.1, 0.15) is 21.5 Å². The molecule has 0 unspecified atom stereocenters. The van der Waals surface area contributed by atoms with Crippen LogP contribution in [0.5, 0.6) is 5.75 Å². The standard InChI is InChI=1S/C17H14O2/c18-17(14-5-2-1-3-6-14)12-19-16-10-9-13-7-4-8-15(13)11-16/h1-6,8-11H,7,12H2. The van der Waals surface area contributed by atoms with Gasteiger partial charge in [-0.05, 0) is 29.7 Å². The quantitative estimate of drug-likeness (QED) is 0.776. The molecule has 3 rings (SSSR count). The van der Waals surface area contributed by atoms with Gasteiger partial charge in [0.15, 0.2) is 12.4 Å². The Morgan fingerprint density at radius 1 is 1.11 bits per heavy atom. The Labute approximate surface area is 112 Å². The van der Waals surface area contributed by atoms with Crippen LogP contribution in [0.25, 0.3) is 6.08 Å². The summed E-state index contributed by atoms with van der Waals surface area (Å²) in [6.45, 7) is 0.0759. The van der Waals surface area contributed by atoms with Crippen molar-refractivity contribution in [2.75, 3.05) is 6.61 Å². The summed E-state index contributed by atoms with van der Waals surface area (Å²) in [5, 5.41) is 0. The predicted octanol–water partition coefficient (Wildman–Crippen LogP) is 3.52. The van der Waals surface area contributed by atoms with Crippen LogP contribution in [0.2, 0.25) is 0 Å². The molecule has 0 aromatic heterocycles. The molecule has 0 heterocycles. The molecule has 0 bridgehead atoms. The fourth-order valence-corrected chi connectivity index (χ4v) is 2.17. The maximum absolute atomic E-state index is 11.9. The van der Waals surface area contributed by atoms with Gasteiger partial charge in [0.05, 0.1) is 0 Å². The first kappa shape index (κ1) is 11.7. The van der Waals surface area contributed by atoms with Crippen molar-refractivity contribution in [2.24, 2.45) is 0 Å². The molecule has 1 aliphatic carbocycles. The fraction of sp³-hybridized carbons (Fsp3) is 0.118. The minimum absolute atomic E-state index is 0.00311. The van der Waals surface area contributed by atoms with Crippen LogP contribution < -0.4 is 4.74 Å². The Morgan fingerprint density at radius 2 is 1.95 bits per heavy atom. The average molecular weight is 250 g/mol. The van der Waals surface area contributed by atoms with Crippen molar-refractivity contribution in [3.8, 4) is 5.75 Å². The number of Topliss-reactive ketones (excluding diaryl/α,β-unsaturated/α-hetero) is 1. The van der Waals surface area contributed by atoms with Gasteiger partial charge in [0, 0.05) is 5.56 Å². The lowest BCUT2D eigenvalue weighted by Crippen LogP contribution is -2.11. The predicted molar refractivity (Wildman–Crippen MR) is 75.4 cm³/mol. The normalized spacial score (nSPS) is 12.2. The molecule has 0 aliphatic heterocycles. The summed E-state index contributed by atoms with van der Waals surface area (Å²) in [4.78, 5) is 11.9. The molecule has 2 nitrogen and oxygen atoms in total. The van der Waals surface area contributed by atoms with Crippen molar-refractivity contribution >= 4 is 11.9 Å². The molecule has 0 saturated heterocycles. The van der Waals surface area contributed by atoms with Crippen molar-refractivity contribution < 1.29 is 9.53 Å². The molecule has 0 fully saturated rings. The first-order chi connectivity index (χ1) is 9.33. The zero-order valence-electron chi connectivity index (χ0n) is 10.5. The number of allylic oxidation sites excluding steroid dienone is 1. The lowest BCUT2D eigenvalue weighted by Gasteiger charge is -2.07. The molecule has 19 heavy (non-hydrogen) atoms. The van der Waals surface area contributed by atoms with Gasteiger partial charge in [-0.25, -0.2) is 0 Å². The first-order valence-corrected chi connectivity index (χ1v) is 6.33. The summed E-state index contributed by atoms with van der Waals surface area (Å²) in [5.41, 5.74) is 3.18. The molecule has 0 spiro atoms. The largest absolute Gasteiger partial charge is 0.485 e. The van der Waals surface area contributed by atoms with E-state index in [9.17, 15) is 4.79 Å². The topological polar surface area (TPSA) is 26.3 Å². The van der Waals surface area contributed by atoms with E-state index in [1.54, 1.807) is 12.1 Å². The van der Waals surface area contributed by atoms with Gasteiger partial charge in [-0.2, -0.15) is 0 Å². The molecule has 2 aromatic rings. The lowest BCUT2D eigenvalue weighted by atomic mass is 10.1. The number of hydrogen-bond acceptors (Lipinski definition) is 2. The molecule has 0 saturated carbocycles. The fourth-order valence-electron chi connectivity index (χ4n) is 2.17. The molecular weight excluding hydrogens is 236 g/mol. The second kappa shape index (κ2) is 5.11. The van der Waals surface area contributed by atoms with Crippen molar-refractivity contribution in [2.45, 2.75) is 6.42 Å². The van der Waals surface area contributed by atoms with Gasteiger partial charge < -0.3 is 4.74 Å². The zero-order valence-corrected chi connectivity index (χ0v) is 10.5. The highest BCUT2D eigenvalue weighted by atomic mass is 16.5. The Balaban J connectivity index is 1.67. The third-order valence-electron chi connectivity index (χ3n) is 3.22. The summed E-state index contributed by atoms with van der Waals surface area (Å²) < 4.78 is 5.56. The lowest BCUT2D eigenvalue weighted by molar-refractivity contribution is 0.0921. The number of benzene rings is 2. The minimum Gasteiger partial charge on any atom is -0.485 e. The molecule has 2 aromatic carbocycles. The number of hydrogen-bond donors (Lipinski definition) is 0. The van der Waals surface area contributed by atoms with Crippen LogP contribution in [-0.2, 0) is 6.42 Å². The number of ether oxygens (including phenoxy) is 1. The smallest absolute Gasteiger partial charge is 0.200 e. The number of carbonyl (C=O) groups excluding carboxylic acids is 1. The van der Waals surface area contributed by atoms with E-state index < -0.39 is 0 Å². The first-order valence-electron chi connectivity index (χ1n) is 6.33. The average Bonchev–Trinajstić information content (AvgIpc) is 2.93. The number of rotatable bonds is 4. The minimum atomic E-state index is -0.00311. The highest BCUT2D eigenvalue weighted by Gasteiger charge is 2.08. The van der Waals surface area contributed by atoms with Crippen LogP contribution in [-0.4, -0.2) is 12.4 Å². The Morgan fingerprint density at radius 3 is 2.79 bits per heavy atom. The zero-order chi connectivity index (χ0) is 13.1. The van der Waals surface area contributed by atoms with Gasteiger partial charge in [-0.15, -0.1) is 0 Å². The molecule has 2 heteroatoms. The highest BCUT2D eigenvalue weighted by Crippen LogP contribution is 2.24. The summed E-state index contributed by atoms with van der Waals surface area (Å²) >= 11 is 0. The maximum atomic E-state index is 11.9. The van der Waals surface area contributed by atoms with Crippen molar-refractivity contribution in [1.82, 2.24) is 0 Å². The Kier molecular flexibility index (Phi) is 3.15. The number of ketones is 1. The Bertz CT molecular complexity index is 627. The van der Waals surface area contributed by atoms with E-state index in [0.29, 0.717) is 5.56 Å². The molecule has 1 aliphatic rings. The van der Waals surface area contributed by atoms with E-state index in [1.807, 2.05) is 30.3 Å². The van der Waals surface area contributed by atoms with E-state index in [2.05, 4.69) is 18.2 Å².